The number of carboxylic acid groups (broad SMARTS) is 1. The van der Waals surface area contributed by atoms with Crippen LogP contribution in [0.3, 0.4) is 0 Å². The monoisotopic (exact) mass is 761 g/mol. The number of halogens is 2. The van der Waals surface area contributed by atoms with Crippen LogP contribution in [0, 0.1) is 16.7 Å². The number of nitrogens with zero attached hydrogens (tertiary/aromatic N) is 4. The molecule has 0 unspecified atom stereocenters. The highest BCUT2D eigenvalue weighted by atomic mass is 35.5. The van der Waals surface area contributed by atoms with Gasteiger partial charge in [-0.25, -0.2) is 0 Å². The Hall–Kier alpha value is -5.47. The van der Waals surface area contributed by atoms with Gasteiger partial charge in [0.05, 0.1) is 29.2 Å². The Morgan fingerprint density at radius 3 is 2.52 bits per heavy atom. The molecule has 3 aromatic carbocycles. The number of ether oxygens (including phenoxy) is 2. The molecule has 0 bridgehead atoms. The third-order valence-corrected chi connectivity index (χ3v) is 10.7. The second-order valence-electron chi connectivity index (χ2n) is 13.7. The van der Waals surface area contributed by atoms with Gasteiger partial charge in [-0.2, -0.15) is 10.2 Å². The summed E-state index contributed by atoms with van der Waals surface area (Å²) in [5.41, 5.74) is 7.32. The molecule has 3 N–H and O–H groups in total. The number of hydrogen-bond donors (Lipinski definition) is 3. The molecule has 1 aliphatic heterocycles. The average molecular weight is 763 g/mol. The molecule has 2 aromatic heterocycles. The number of aryl methyl sites for hydroxylation is 1. The van der Waals surface area contributed by atoms with Gasteiger partial charge in [0.15, 0.2) is 0 Å². The van der Waals surface area contributed by atoms with E-state index >= 15 is 0 Å². The zero-order chi connectivity index (χ0) is 37.8. The lowest BCUT2D eigenvalue weighted by Crippen LogP contribution is -2.32. The summed E-state index contributed by atoms with van der Waals surface area (Å²) < 4.78 is 12.7. The predicted octanol–water partition coefficient (Wildman–Crippen LogP) is 8.00. The molecule has 12 heteroatoms. The van der Waals surface area contributed by atoms with Crippen LogP contribution in [0.4, 0.5) is 0 Å². The molecule has 5 aromatic rings. The molecule has 0 amide bonds. The number of carboxylic acids is 1. The summed E-state index contributed by atoms with van der Waals surface area (Å²) in [6.45, 7) is 2.63. The highest BCUT2D eigenvalue weighted by Crippen LogP contribution is 2.45. The van der Waals surface area contributed by atoms with Crippen LogP contribution >= 0.6 is 23.2 Å². The number of nitrogens with one attached hydrogen (secondary N) is 1. The van der Waals surface area contributed by atoms with Gasteiger partial charge in [0, 0.05) is 46.8 Å². The van der Waals surface area contributed by atoms with E-state index in [1.54, 1.807) is 18.3 Å². The molecule has 0 radical (unpaired) electrons. The van der Waals surface area contributed by atoms with Gasteiger partial charge in [0.1, 0.15) is 29.6 Å². The number of aliphatic imine (C=N–C) groups is 1. The van der Waals surface area contributed by atoms with Crippen molar-refractivity contribution in [3.63, 3.8) is 0 Å². The fourth-order valence-electron chi connectivity index (χ4n) is 6.81. The van der Waals surface area contributed by atoms with Crippen molar-refractivity contribution in [2.75, 3.05) is 19.7 Å². The lowest BCUT2D eigenvalue weighted by atomic mass is 9.85. The van der Waals surface area contributed by atoms with E-state index in [1.165, 1.54) is 13.1 Å². The number of rotatable bonds is 13. The van der Waals surface area contributed by atoms with E-state index in [1.807, 2.05) is 30.3 Å². The van der Waals surface area contributed by atoms with Crippen LogP contribution in [-0.4, -0.2) is 51.7 Å². The maximum Gasteiger partial charge on any atom is 0.311 e. The molecule has 0 saturated heterocycles. The molecule has 2 atom stereocenters. The van der Waals surface area contributed by atoms with Crippen molar-refractivity contribution in [2.45, 2.75) is 45.3 Å². The number of pyridine rings is 2. The number of nitriles is 1. The van der Waals surface area contributed by atoms with Crippen LogP contribution in [0.5, 0.6) is 11.8 Å². The van der Waals surface area contributed by atoms with Crippen LogP contribution in [0.2, 0.25) is 10.0 Å². The van der Waals surface area contributed by atoms with Crippen molar-refractivity contribution in [3.8, 4) is 40.1 Å². The Kier molecular flexibility index (Phi) is 10.8. The van der Waals surface area contributed by atoms with E-state index in [9.17, 15) is 20.3 Å². The van der Waals surface area contributed by atoms with Crippen LogP contribution in [0.15, 0.2) is 90.2 Å². The quantitative estimate of drug-likeness (QED) is 0.108. The van der Waals surface area contributed by atoms with Gasteiger partial charge in [0.25, 0.3) is 0 Å². The predicted molar refractivity (Wildman–Crippen MR) is 207 cm³/mol. The lowest BCUT2D eigenvalue weighted by Gasteiger charge is -2.23. The number of amidine groups is 1. The van der Waals surface area contributed by atoms with Gasteiger partial charge in [-0.1, -0.05) is 83.9 Å². The molecular formula is C42H37Cl2N5O5. The third-order valence-electron chi connectivity index (χ3n) is 10.00. The lowest BCUT2D eigenvalue weighted by molar-refractivity contribution is -0.150. The van der Waals surface area contributed by atoms with E-state index in [4.69, 9.17) is 37.7 Å². The Bertz CT molecular complexity index is 2290. The Morgan fingerprint density at radius 2 is 1.78 bits per heavy atom. The van der Waals surface area contributed by atoms with Crippen molar-refractivity contribution < 1.29 is 24.5 Å². The minimum absolute atomic E-state index is 0.0475. The highest BCUT2D eigenvalue weighted by Gasteiger charge is 2.33. The minimum atomic E-state index is -1.37. The minimum Gasteiger partial charge on any atom is -0.481 e. The van der Waals surface area contributed by atoms with Gasteiger partial charge in [-0.15, -0.1) is 0 Å². The Labute approximate surface area is 323 Å². The number of aliphatic hydroxyl groups excluding tert-OH is 1. The van der Waals surface area contributed by atoms with Crippen LogP contribution in [0.1, 0.15) is 59.3 Å². The molecule has 10 nitrogen and oxygen atoms in total. The average Bonchev–Trinajstić information content (AvgIpc) is 3.89. The zero-order valence-corrected chi connectivity index (χ0v) is 31.0. The maximum atomic E-state index is 11.9. The number of aliphatic hydroxyl groups is 1. The maximum absolute atomic E-state index is 11.9. The number of benzene rings is 3. The first-order valence-electron chi connectivity index (χ1n) is 17.6. The first-order chi connectivity index (χ1) is 26.2. The number of aliphatic carboxylic acids is 1. The fourth-order valence-corrected chi connectivity index (χ4v) is 7.37. The first-order valence-corrected chi connectivity index (χ1v) is 18.4. The molecule has 274 valence electrons. The van der Waals surface area contributed by atoms with Crippen LogP contribution < -0.4 is 14.8 Å². The topological polar surface area (TPSA) is 150 Å². The molecule has 3 heterocycles. The number of hydrogen-bond acceptors (Lipinski definition) is 9. The molecule has 0 fully saturated rings. The second kappa shape index (κ2) is 15.9. The molecule has 0 saturated carbocycles. The fraction of sp³-hybridized carbons (Fsp3) is 0.262. The number of fused-ring (bicyclic) bond motifs is 1. The van der Waals surface area contributed by atoms with E-state index in [2.05, 4.69) is 51.7 Å². The standard InChI is InChI=1S/C42H37Cl2N5O5/c1-42(24-50,41(51)52)15-14-29-19-35(43)40(49-39(29)53-23-26-18-25(20-45)21-46-22-26)54-36-13-12-32-31(5-3-6-33(32)36)34-7-2-4-30(37(34)44)27-8-10-28(11-9-27)38-47-16-17-48-38/h2-11,18-19,21-22,36,50H,12-17,23-24H2,1H3,(H,47,48)(H,51,52)/t36-,42-/m0/s1. The van der Waals surface area contributed by atoms with Crippen molar-refractivity contribution in [3.05, 3.63) is 129 Å². The molecule has 0 spiro atoms. The summed E-state index contributed by atoms with van der Waals surface area (Å²) in [7, 11) is 0. The van der Waals surface area contributed by atoms with Crippen molar-refractivity contribution >= 4 is 35.0 Å². The van der Waals surface area contributed by atoms with Crippen LogP contribution in [0.25, 0.3) is 22.3 Å². The van der Waals surface area contributed by atoms with Gasteiger partial charge in [-0.3, -0.25) is 14.8 Å². The van der Waals surface area contributed by atoms with Gasteiger partial charge >= 0.3 is 5.97 Å². The third kappa shape index (κ3) is 7.62. The van der Waals surface area contributed by atoms with E-state index in [-0.39, 0.29) is 42.3 Å². The van der Waals surface area contributed by atoms with E-state index in [0.29, 0.717) is 28.1 Å². The van der Waals surface area contributed by atoms with E-state index < -0.39 is 18.0 Å². The summed E-state index contributed by atoms with van der Waals surface area (Å²) in [4.78, 5) is 25.2. The Balaban J connectivity index is 1.16. The molecule has 54 heavy (non-hydrogen) atoms. The number of carbonyl (C=O) groups is 1. The molecule has 2 aliphatic rings. The molecular weight excluding hydrogens is 725 g/mol. The van der Waals surface area contributed by atoms with Crippen molar-refractivity contribution in [1.29, 1.82) is 5.26 Å². The van der Waals surface area contributed by atoms with Gasteiger partial charge < -0.3 is 25.0 Å². The van der Waals surface area contributed by atoms with Crippen LogP contribution in [-0.2, 0) is 24.2 Å². The van der Waals surface area contributed by atoms with Gasteiger partial charge in [0.2, 0.25) is 11.8 Å². The summed E-state index contributed by atoms with van der Waals surface area (Å²) in [5.74, 6) is 0.182. The normalized spacial score (nSPS) is 15.8. The van der Waals surface area contributed by atoms with Crippen molar-refractivity contribution in [2.24, 2.45) is 10.4 Å². The van der Waals surface area contributed by atoms with Crippen molar-refractivity contribution in [1.82, 2.24) is 15.3 Å². The summed E-state index contributed by atoms with van der Waals surface area (Å²) in [6.07, 6.45) is 4.45. The zero-order valence-electron chi connectivity index (χ0n) is 29.5. The Morgan fingerprint density at radius 1 is 1.02 bits per heavy atom. The summed E-state index contributed by atoms with van der Waals surface area (Å²) >= 11 is 14.0. The SMILES string of the molecule is C[C@@](CO)(CCc1cc(Cl)c(O[C@H]2CCc3c(-c4cccc(-c5ccc(C6=NCCN6)cc5)c4Cl)cccc32)nc1OCc1cncc(C#N)c1)C(=O)O. The van der Waals surface area contributed by atoms with E-state index in [0.717, 1.165) is 64.3 Å². The smallest absolute Gasteiger partial charge is 0.311 e. The molecule has 7 rings (SSSR count). The second-order valence-corrected chi connectivity index (χ2v) is 14.5. The summed E-state index contributed by atoms with van der Waals surface area (Å²) in [6, 6.07) is 25.9. The molecule has 1 aliphatic carbocycles. The largest absolute Gasteiger partial charge is 0.481 e. The first kappa shape index (κ1) is 36.9. The highest BCUT2D eigenvalue weighted by molar-refractivity contribution is 6.36. The number of aromatic nitrogens is 2. The van der Waals surface area contributed by atoms with Gasteiger partial charge in [-0.05, 0) is 67.0 Å². The summed E-state index contributed by atoms with van der Waals surface area (Å²) in [5, 5.41) is 33.1.